The number of nitrogens with zero attached hydrogens (tertiary/aromatic N) is 9. The highest BCUT2D eigenvalue weighted by atomic mass is 79.9. The van der Waals surface area contributed by atoms with E-state index in [2.05, 4.69) is 72.1 Å². The molecule has 5 N–H and O–H groups in total. The van der Waals surface area contributed by atoms with E-state index in [4.69, 9.17) is 66.6 Å². The van der Waals surface area contributed by atoms with Gasteiger partial charge in [0.25, 0.3) is 11.1 Å². The summed E-state index contributed by atoms with van der Waals surface area (Å²) in [5, 5.41) is 26.7. The number of halogens is 12. The van der Waals surface area contributed by atoms with Crippen LogP contribution in [0.4, 0.5) is 48.1 Å². The molecule has 0 atom stereocenters. The molecule has 4 saturated heterocycles. The Morgan fingerprint density at radius 1 is 0.600 bits per heavy atom. The summed E-state index contributed by atoms with van der Waals surface area (Å²) in [5.41, 5.74) is 13.9. The van der Waals surface area contributed by atoms with Gasteiger partial charge < -0.3 is 45.3 Å². The first-order chi connectivity index (χ1) is 52.7. The van der Waals surface area contributed by atoms with Gasteiger partial charge in [0.15, 0.2) is 0 Å². The first kappa shape index (κ1) is 88.8. The van der Waals surface area contributed by atoms with Crippen LogP contribution in [0.2, 0.25) is 16.4 Å². The fourth-order valence-corrected chi connectivity index (χ4v) is 14.4. The predicted octanol–water partition coefficient (Wildman–Crippen LogP) is 20.2. The minimum Gasteiger partial charge on any atom is -0.397 e. The quantitative estimate of drug-likeness (QED) is 0.0462. The third-order valence-corrected chi connectivity index (χ3v) is 21.2. The van der Waals surface area contributed by atoms with Crippen molar-refractivity contribution in [2.75, 3.05) is 73.7 Å². The molecule has 4 aliphatic heterocycles. The van der Waals surface area contributed by atoms with E-state index in [0.717, 1.165) is 182 Å². The van der Waals surface area contributed by atoms with E-state index >= 15 is 0 Å². The van der Waals surface area contributed by atoms with Gasteiger partial charge in [-0.05, 0) is 260 Å². The molecule has 0 bridgehead atoms. The van der Waals surface area contributed by atoms with Crippen molar-refractivity contribution < 1.29 is 45.7 Å². The van der Waals surface area contributed by atoms with Crippen LogP contribution in [0.3, 0.4) is 0 Å². The fraction of sp³-hybridized carbons (Fsp3) is 0.366. The van der Waals surface area contributed by atoms with Gasteiger partial charge in [-0.15, -0.1) is 12.4 Å². The lowest BCUT2D eigenvalue weighted by Crippen LogP contribution is -2.47. The molecule has 15 nitrogen and oxygen atoms in total. The highest BCUT2D eigenvalue weighted by Gasteiger charge is 2.51. The van der Waals surface area contributed by atoms with Gasteiger partial charge in [-0.1, -0.05) is 46.1 Å². The summed E-state index contributed by atoms with van der Waals surface area (Å²) in [6.07, 6.45) is 20.1. The molecule has 16 rings (SSSR count). The Morgan fingerprint density at radius 2 is 0.955 bits per heavy atom. The van der Waals surface area contributed by atoms with E-state index in [0.29, 0.717) is 52.8 Å². The maximum atomic E-state index is 13.8. The van der Waals surface area contributed by atoms with Crippen molar-refractivity contribution in [3.8, 4) is 6.07 Å². The monoisotopic (exact) mass is 1650 g/mol. The van der Waals surface area contributed by atoms with Crippen LogP contribution in [0.1, 0.15) is 112 Å². The molecule has 0 unspecified atom stereocenters. The molecule has 1 radical (unpaired) electrons. The molecular weight excluding hydrogens is 1570 g/mol. The number of nitrogens with two attached hydrogens (primary N) is 1. The lowest BCUT2D eigenvalue weighted by molar-refractivity contribution is 0.0905. The number of aliphatic hydroxyl groups is 1. The molecule has 0 spiro atoms. The number of aliphatic hydroxyl groups excluding tert-OH is 1. The normalized spacial score (nSPS) is 16.1. The number of carbonyl (C=O) groups is 2. The molecule has 10 aromatic rings. The summed E-state index contributed by atoms with van der Waals surface area (Å²) < 4.78 is 81.0. The zero-order valence-corrected chi connectivity index (χ0v) is 65.7. The zero-order valence-electron chi connectivity index (χ0n) is 61.0. The molecule has 110 heavy (non-hydrogen) atoms. The number of nitrogens with one attached hydrogen (secondary N) is 2. The molecule has 6 fully saturated rings. The third kappa shape index (κ3) is 25.8. The molecule has 581 valence electrons. The number of hydrogen-bond acceptors (Lipinski definition) is 13. The number of amides is 1. The number of hydrogen-bond donors (Lipinski definition) is 4. The van der Waals surface area contributed by atoms with Gasteiger partial charge in [0.2, 0.25) is 6.04 Å². The number of anilines is 3. The van der Waals surface area contributed by atoms with Crippen molar-refractivity contribution in [2.45, 2.75) is 114 Å². The lowest BCUT2D eigenvalue weighted by Gasteiger charge is -2.38. The molecule has 1 amide bonds. The Morgan fingerprint density at radius 3 is 1.30 bits per heavy atom. The largest absolute Gasteiger partial charge is 0.397 e. The van der Waals surface area contributed by atoms with E-state index < -0.39 is 5.24 Å². The maximum absolute atomic E-state index is 13.8. The lowest BCUT2D eigenvalue weighted by atomic mass is 9.86. The van der Waals surface area contributed by atoms with Crippen molar-refractivity contribution in [1.82, 2.24) is 30.6 Å². The second-order valence-electron chi connectivity index (χ2n) is 27.0. The van der Waals surface area contributed by atoms with Gasteiger partial charge in [-0.25, -0.2) is 24.1 Å². The number of carbonyl (C=O) groups excluding carboxylic acids is 2. The zero-order chi connectivity index (χ0) is 78.5. The summed E-state index contributed by atoms with van der Waals surface area (Å²) in [6, 6.07) is 42.3. The van der Waals surface area contributed by atoms with Crippen LogP contribution in [0.5, 0.6) is 0 Å². The molecule has 4 aromatic heterocycles. The first-order valence-corrected chi connectivity index (χ1v) is 38.2. The Labute approximate surface area is 668 Å². The van der Waals surface area contributed by atoms with Crippen LogP contribution >= 0.6 is 63.1 Å². The summed E-state index contributed by atoms with van der Waals surface area (Å²) in [6.45, 7) is 18.3. The average molecular weight is 1660 g/mol. The summed E-state index contributed by atoms with van der Waals surface area (Å²) in [7, 11) is 0.625. The Kier molecular flexibility index (Phi) is 36.0. The van der Waals surface area contributed by atoms with Crippen molar-refractivity contribution in [1.29, 1.82) is 5.26 Å². The van der Waals surface area contributed by atoms with Gasteiger partial charge >= 0.3 is 7.56 Å². The average Bonchev–Trinajstić information content (AvgIpc) is 1.58. The SMILES string of the molecule is CCO.CC[B]F.Cl.FF.Fc1ccc2nccc(Br)c2c1.N#CC1CCNCC1.NC1(C2CCN(c3ccnc4ccc(F)cc34)CC2)CC1.O=C(Cl)c1ccc(Cl)cc1.O=C(NC1(C2CCN(c3ccnc4ccc(F)cc34)CC2)CC1)c1ccc(Cl)cc1.[C-]#[N+]C1CCN(c2ccnc3ccc(F)cc23)CC1. The van der Waals surface area contributed by atoms with E-state index in [1.54, 1.807) is 129 Å². The van der Waals surface area contributed by atoms with Crippen LogP contribution < -0.4 is 31.1 Å². The van der Waals surface area contributed by atoms with Crippen molar-refractivity contribution in [3.05, 3.63) is 231 Å². The molecule has 2 saturated carbocycles. The smallest absolute Gasteiger partial charge is 0.354 e. The van der Waals surface area contributed by atoms with Gasteiger partial charge in [0.1, 0.15) is 23.3 Å². The minimum atomic E-state index is -0.461. The van der Waals surface area contributed by atoms with Crippen LogP contribution in [-0.4, -0.2) is 120 Å². The van der Waals surface area contributed by atoms with Crippen molar-refractivity contribution in [2.24, 2.45) is 23.5 Å². The van der Waals surface area contributed by atoms with Gasteiger partial charge in [0.05, 0.1) is 28.1 Å². The number of nitriles is 1. The van der Waals surface area contributed by atoms with Gasteiger partial charge in [0, 0.05) is 174 Å². The van der Waals surface area contributed by atoms with Crippen LogP contribution in [-0.2, 0) is 0 Å². The Hall–Kier alpha value is -8.43. The van der Waals surface area contributed by atoms with E-state index in [-0.39, 0.29) is 65.3 Å². The molecule has 8 heterocycles. The topological polar surface area (TPSA) is 194 Å². The third-order valence-electron chi connectivity index (χ3n) is 19.8. The second kappa shape index (κ2) is 44.6. The highest BCUT2D eigenvalue weighted by Crippen LogP contribution is 2.48. The van der Waals surface area contributed by atoms with Crippen LogP contribution in [0.15, 0.2) is 175 Å². The Bertz CT molecular complexity index is 4660. The van der Waals surface area contributed by atoms with E-state index in [1.165, 1.54) is 43.2 Å². The molecule has 6 aliphatic rings. The number of rotatable bonds is 9. The predicted molar refractivity (Wildman–Crippen MR) is 436 cm³/mol. The summed E-state index contributed by atoms with van der Waals surface area (Å²) >= 11 is 20.0. The molecule has 6 aromatic carbocycles. The number of piperidine rings is 4. The van der Waals surface area contributed by atoms with Gasteiger partial charge in [-0.3, -0.25) is 29.5 Å². The number of pyridine rings is 4. The van der Waals surface area contributed by atoms with Crippen molar-refractivity contribution in [3.63, 3.8) is 0 Å². The van der Waals surface area contributed by atoms with E-state index in [1.807, 2.05) is 24.4 Å². The fourth-order valence-electron chi connectivity index (χ4n) is 13.6. The van der Waals surface area contributed by atoms with Gasteiger partial charge in [-0.2, -0.15) is 5.26 Å². The Balaban J connectivity index is 0.000000187. The molecule has 28 heteroatoms. The minimum absolute atomic E-state index is 0. The van der Waals surface area contributed by atoms with E-state index in [9.17, 15) is 31.5 Å². The molecule has 2 aliphatic carbocycles. The molecular formula is C82H88BBrCl4F7N12O3. The summed E-state index contributed by atoms with van der Waals surface area (Å²) in [4.78, 5) is 50.7. The van der Waals surface area contributed by atoms with Crippen LogP contribution in [0.25, 0.3) is 48.5 Å². The number of aromatic nitrogens is 4. The number of benzene rings is 6. The number of fused-ring (bicyclic) bond motifs is 4. The van der Waals surface area contributed by atoms with Crippen molar-refractivity contribution >= 4 is 143 Å². The highest BCUT2D eigenvalue weighted by molar-refractivity contribution is 9.10. The van der Waals surface area contributed by atoms with Crippen LogP contribution in [0, 0.1) is 58.9 Å². The standard InChI is InChI=1S/C24H23ClFN3O.C17H20FN3.C15H14FN3.C9H5BrFN.C7H4Cl2O.C6H10N2.C2H5BF.C2H6O.ClH.F2/c25-18-3-1-16(2-4-18)23(30)28-24(10-11-24)17-8-13-29(14-9-17)22-7-12-27-21-6-5-19(26)15-20(21)22;18-13-1-2-15-14(11-13)16(3-8-20-15)21-9-4-12(5-10-21)17(19)6-7-17;1-17-12-5-8-19(9-6-12)15-4-7-18-14-3-2-11(16)10-13(14)15;10-8-3-4-12-9-2-1-6(11)5-7(8)9;8-6-3-1-5(2-4-6)7(9)10;7-5-6-1-3-8-4-2-6;1-2-3-4;1-2-3;;1-2/h1-7,12,15,17H,8-11,13-14H2,(H,28,30);1-3,8,11-12H,4-7,9-10,19H2;2-4,7,10,12H,5-6,8-9H2;1-5H;1-4H;6,8H,1-4H2;2H2,1H3;3H,2H2,1H3;1H;. The maximum Gasteiger partial charge on any atom is 0.354 e. The first-order valence-electron chi connectivity index (χ1n) is 36.2. The summed E-state index contributed by atoms with van der Waals surface area (Å²) in [5.74, 6) is 0.486. The second-order valence-corrected chi connectivity index (χ2v) is 29.0.